The number of phosphoric acid groups is 3. The number of aliphatic hydroxyl groups is 2. The number of thioether (sulfide) groups is 1. The third-order valence-corrected chi connectivity index (χ3v) is 14.4. The van der Waals surface area contributed by atoms with E-state index in [2.05, 4.69) is 53.5 Å². The van der Waals surface area contributed by atoms with Gasteiger partial charge in [0.25, 0.3) is 0 Å². The Morgan fingerprint density at radius 1 is 0.912 bits per heavy atom. The maximum Gasteiger partial charge on any atom is 1.00 e. The minimum absolute atomic E-state index is 0. The molecule has 1 fully saturated rings. The average molecular weight is 1060 g/mol. The van der Waals surface area contributed by atoms with E-state index < -0.39 is 84.6 Å². The van der Waals surface area contributed by atoms with Crippen molar-refractivity contribution in [3.8, 4) is 0 Å². The fourth-order valence-corrected chi connectivity index (χ4v) is 10.3. The number of phosphoric ester groups is 3. The molecule has 0 aliphatic carbocycles. The number of amides is 2. The molecule has 0 bridgehead atoms. The number of rotatable bonds is 34. The van der Waals surface area contributed by atoms with Crippen molar-refractivity contribution in [2.24, 2.45) is 5.41 Å². The minimum atomic E-state index is -5.58. The zero-order valence-corrected chi connectivity index (χ0v) is 44.6. The van der Waals surface area contributed by atoms with Gasteiger partial charge in [-0.05, 0) is 32.1 Å². The number of unbranched alkanes of at least 4 members (excludes halogenated alkanes) is 11. The van der Waals surface area contributed by atoms with Gasteiger partial charge in [0.1, 0.15) is 36.3 Å². The number of aliphatic hydroxyl groups excluding tert-OH is 2. The molecule has 2 aromatic rings. The maximum atomic E-state index is 12.7. The molecule has 24 nitrogen and oxygen atoms in total. The molecule has 1 saturated heterocycles. The Labute approximate surface area is 424 Å². The van der Waals surface area contributed by atoms with Gasteiger partial charge in [0, 0.05) is 37.1 Å². The van der Waals surface area contributed by atoms with Gasteiger partial charge in [-0.1, -0.05) is 96.1 Å². The normalized spacial score (nSPS) is 19.9. The van der Waals surface area contributed by atoms with Gasteiger partial charge in [0.2, 0.25) is 11.8 Å². The van der Waals surface area contributed by atoms with E-state index >= 15 is 0 Å². The number of fused-ring (bicyclic) bond motifs is 1. The molecule has 0 spiro atoms. The molecule has 384 valence electrons. The summed E-state index contributed by atoms with van der Waals surface area (Å²) in [6, 6.07) is 0. The summed E-state index contributed by atoms with van der Waals surface area (Å²) >= 11 is 1.15. The Hall–Kier alpha value is -1.70. The van der Waals surface area contributed by atoms with Crippen molar-refractivity contribution < 1.29 is 111 Å². The summed E-state index contributed by atoms with van der Waals surface area (Å²) in [7, 11) is -16.4. The molecule has 0 radical (unpaired) electrons. The Balaban J connectivity index is 0.0000119. The van der Waals surface area contributed by atoms with E-state index in [1.54, 1.807) is 0 Å². The molecule has 2 aromatic heterocycles. The number of hydrogen-bond acceptors (Lipinski definition) is 18. The molecule has 0 aromatic carbocycles. The van der Waals surface area contributed by atoms with Gasteiger partial charge in [-0.15, -0.1) is 0 Å². The summed E-state index contributed by atoms with van der Waals surface area (Å²) in [5.74, 6) is -1.03. The van der Waals surface area contributed by atoms with E-state index in [0.717, 1.165) is 73.9 Å². The van der Waals surface area contributed by atoms with Crippen molar-refractivity contribution in [2.75, 3.05) is 37.8 Å². The van der Waals surface area contributed by atoms with Gasteiger partial charge in [0.05, 0.1) is 19.5 Å². The number of allylic oxidation sites excluding steroid dienone is 2. The second kappa shape index (κ2) is 31.0. The van der Waals surface area contributed by atoms with E-state index in [4.69, 9.17) is 19.5 Å². The predicted molar refractivity (Wildman–Crippen MR) is 248 cm³/mol. The van der Waals surface area contributed by atoms with Gasteiger partial charge < -0.3 is 52.3 Å². The first-order valence-electron chi connectivity index (χ1n) is 22.3. The number of nitrogen functional groups attached to an aromatic ring is 1. The van der Waals surface area contributed by atoms with Crippen LogP contribution in [0.4, 0.5) is 5.82 Å². The van der Waals surface area contributed by atoms with Crippen LogP contribution in [-0.2, 0) is 50.7 Å². The number of ether oxygens (including phenoxy) is 1. The molecule has 1 aliphatic rings. The molecule has 3 rings (SSSR count). The molecule has 68 heavy (non-hydrogen) atoms. The Bertz CT molecular complexity index is 2060. The molecule has 10 N–H and O–H groups in total. The van der Waals surface area contributed by atoms with Gasteiger partial charge in [-0.2, -0.15) is 4.31 Å². The number of aromatic nitrogens is 4. The van der Waals surface area contributed by atoms with E-state index in [1.807, 2.05) is 0 Å². The number of hydrogen-bond donors (Lipinski definition) is 9. The SMILES string of the molecule is CCCCCCCC/C=C\CCCCCCCC(=O)SCCNC(=O)CCNC(=O)[C@H](O)C(C)(C)COP(=O)(O)OP(=O)(O)OC[C@H]1O[C@@H](n2cnc3c(N)ncnc32)[C@H](O)[C@@H]1OP(=O)(O)O.[H-].[Na+]. The van der Waals surface area contributed by atoms with Crippen LogP contribution < -0.4 is 45.9 Å². The number of anilines is 1. The first-order valence-corrected chi connectivity index (χ1v) is 27.8. The topological polar surface area (TPSA) is 364 Å². The monoisotopic (exact) mass is 1060 g/mol. The number of carbonyl (C=O) groups excluding carboxylic acids is 3. The van der Waals surface area contributed by atoms with Gasteiger partial charge in [-0.3, -0.25) is 32.5 Å². The van der Waals surface area contributed by atoms with Crippen molar-refractivity contribution in [3.63, 3.8) is 0 Å². The summed E-state index contributed by atoms with van der Waals surface area (Å²) in [6.07, 6.45) is 13.5. The molecule has 2 unspecified atom stereocenters. The summed E-state index contributed by atoms with van der Waals surface area (Å²) < 4.78 is 62.4. The first-order chi connectivity index (χ1) is 31.6. The van der Waals surface area contributed by atoms with Crippen LogP contribution >= 0.6 is 35.2 Å². The third-order valence-electron chi connectivity index (χ3n) is 10.4. The number of imidazole rings is 1. The molecule has 2 amide bonds. The second-order valence-electron chi connectivity index (χ2n) is 16.6. The van der Waals surface area contributed by atoms with Crippen molar-refractivity contribution >= 4 is 69.1 Å². The Morgan fingerprint density at radius 2 is 1.53 bits per heavy atom. The van der Waals surface area contributed by atoms with Crippen LogP contribution in [0.2, 0.25) is 0 Å². The molecular weight excluding hydrogens is 986 g/mol. The second-order valence-corrected chi connectivity index (χ2v) is 22.0. The van der Waals surface area contributed by atoms with Crippen LogP contribution in [0, 0.1) is 5.41 Å². The van der Waals surface area contributed by atoms with Crippen molar-refractivity contribution in [2.45, 2.75) is 148 Å². The maximum absolute atomic E-state index is 12.7. The van der Waals surface area contributed by atoms with Crippen LogP contribution in [0.1, 0.15) is 125 Å². The molecule has 7 atom stereocenters. The largest absolute Gasteiger partial charge is 1.00 e. The number of nitrogens with zero attached hydrogens (tertiary/aromatic N) is 4. The molecule has 3 heterocycles. The summed E-state index contributed by atoms with van der Waals surface area (Å²) in [6.45, 7) is 2.79. The quantitative estimate of drug-likeness (QED) is 0.0209. The van der Waals surface area contributed by atoms with Gasteiger partial charge in [0.15, 0.2) is 22.8 Å². The Morgan fingerprint density at radius 3 is 2.18 bits per heavy atom. The first kappa shape index (κ1) is 62.4. The molecular formula is C39H69N7NaO17P3S. The van der Waals surface area contributed by atoms with Crippen molar-refractivity contribution in [1.82, 2.24) is 30.2 Å². The van der Waals surface area contributed by atoms with Gasteiger partial charge in [-0.25, -0.2) is 28.6 Å². The summed E-state index contributed by atoms with van der Waals surface area (Å²) in [4.78, 5) is 88.3. The van der Waals surface area contributed by atoms with Crippen LogP contribution in [0.5, 0.6) is 0 Å². The zero-order valence-electron chi connectivity index (χ0n) is 40.1. The number of nitrogens with one attached hydrogen (secondary N) is 2. The van der Waals surface area contributed by atoms with E-state index in [1.165, 1.54) is 52.4 Å². The van der Waals surface area contributed by atoms with Crippen LogP contribution in [0.15, 0.2) is 24.8 Å². The zero-order chi connectivity index (χ0) is 49.7. The average Bonchev–Trinajstić information content (AvgIpc) is 3.81. The van der Waals surface area contributed by atoms with Gasteiger partial charge >= 0.3 is 53.0 Å². The van der Waals surface area contributed by atoms with Crippen LogP contribution in [0.25, 0.3) is 11.2 Å². The standard InChI is InChI=1S/C39H68N7O17P3S.Na.H/c1-4-5-6-7-8-9-10-11-12-13-14-15-16-17-18-19-30(48)67-23-22-41-29(47)20-21-42-37(51)34(50)39(2,3)25-60-66(57,58)63-65(55,56)59-24-28-33(62-64(52,53)54)32(49)38(61-28)46-27-45-31-35(40)43-26-44-36(31)46;;/h11-12,26-28,32-34,38,49-50H,4-10,13-25H2,1-3H3,(H,41,47)(H,42,51)(H,55,56)(H,57,58)(H2,40,43,44)(H2,52,53,54);;/q;+1;-1/b12-11-;;/t28-,32-,33-,34+,38-;;/m1../s1. The third kappa shape index (κ3) is 23.2. The fraction of sp³-hybridized carbons (Fsp3) is 0.744. The molecule has 1 aliphatic heterocycles. The number of carbonyl (C=O) groups is 3. The molecule has 0 saturated carbocycles. The van der Waals surface area contributed by atoms with Crippen LogP contribution in [0.3, 0.4) is 0 Å². The van der Waals surface area contributed by atoms with Crippen LogP contribution in [-0.4, -0.2) is 123 Å². The van der Waals surface area contributed by atoms with E-state index in [9.17, 15) is 57.9 Å². The fourth-order valence-electron chi connectivity index (χ4n) is 6.71. The van der Waals surface area contributed by atoms with E-state index in [-0.39, 0.29) is 72.6 Å². The summed E-state index contributed by atoms with van der Waals surface area (Å²) in [5.41, 5.74) is 4.29. The Kier molecular flexibility index (Phi) is 28.5. The summed E-state index contributed by atoms with van der Waals surface area (Å²) in [5, 5.41) is 26.7. The van der Waals surface area contributed by atoms with E-state index in [0.29, 0.717) is 12.2 Å². The number of nitrogens with two attached hydrogens (primary N) is 1. The van der Waals surface area contributed by atoms with Crippen molar-refractivity contribution in [1.29, 1.82) is 0 Å². The smallest absolute Gasteiger partial charge is 1.00 e. The molecule has 29 heteroatoms. The minimum Gasteiger partial charge on any atom is -1.00 e. The van der Waals surface area contributed by atoms with Crippen molar-refractivity contribution in [3.05, 3.63) is 24.8 Å². The predicted octanol–water partition coefficient (Wildman–Crippen LogP) is 1.82.